The van der Waals surface area contributed by atoms with Crippen molar-refractivity contribution < 1.29 is 13.2 Å². The van der Waals surface area contributed by atoms with Gasteiger partial charge in [-0.25, -0.2) is 23.5 Å². The molecule has 3 aromatic rings. The van der Waals surface area contributed by atoms with Crippen LogP contribution in [0, 0.1) is 0 Å². The van der Waals surface area contributed by atoms with Gasteiger partial charge in [-0.05, 0) is 30.3 Å². The zero-order valence-corrected chi connectivity index (χ0v) is 17.8. The molecule has 3 heterocycles. The van der Waals surface area contributed by atoms with Crippen LogP contribution in [0.2, 0.25) is 0 Å². The molecule has 31 heavy (non-hydrogen) atoms. The fourth-order valence-corrected chi connectivity index (χ4v) is 3.92. The Balaban J connectivity index is 1.52. The van der Waals surface area contributed by atoms with Crippen molar-refractivity contribution >= 4 is 33.3 Å². The summed E-state index contributed by atoms with van der Waals surface area (Å²) in [4.78, 5) is 17.7. The minimum absolute atomic E-state index is 0.0110. The summed E-state index contributed by atoms with van der Waals surface area (Å²) in [7, 11) is -2.22. The molecular weight excluding hydrogens is 418 g/mol. The summed E-state index contributed by atoms with van der Waals surface area (Å²) in [6, 6.07) is 12.1. The van der Waals surface area contributed by atoms with Crippen molar-refractivity contribution in [2.45, 2.75) is 4.90 Å². The molecule has 162 valence electrons. The van der Waals surface area contributed by atoms with Crippen LogP contribution in [0.1, 0.15) is 0 Å². The summed E-state index contributed by atoms with van der Waals surface area (Å²) >= 11 is 0. The van der Waals surface area contributed by atoms with Crippen LogP contribution in [-0.4, -0.2) is 56.7 Å². The molecule has 1 aliphatic heterocycles. The molecule has 3 N–H and O–H groups in total. The van der Waals surface area contributed by atoms with E-state index in [-0.39, 0.29) is 4.90 Å². The number of pyridine rings is 1. The molecule has 2 aromatic heterocycles. The Hall–Kier alpha value is -3.44. The maximum absolute atomic E-state index is 11.6. The number of rotatable bonds is 6. The van der Waals surface area contributed by atoms with Crippen LogP contribution in [0.15, 0.2) is 59.8 Å². The van der Waals surface area contributed by atoms with E-state index in [4.69, 9.17) is 9.88 Å². The maximum Gasteiger partial charge on any atom is 0.238 e. The lowest BCUT2D eigenvalue weighted by Crippen LogP contribution is -2.47. The van der Waals surface area contributed by atoms with Crippen molar-refractivity contribution in [1.82, 2.24) is 15.0 Å². The van der Waals surface area contributed by atoms with Crippen molar-refractivity contribution in [3.05, 3.63) is 54.9 Å². The first-order valence-electron chi connectivity index (χ1n) is 9.66. The molecule has 0 amide bonds. The summed E-state index contributed by atoms with van der Waals surface area (Å²) < 4.78 is 28.7. The van der Waals surface area contributed by atoms with Gasteiger partial charge in [0.1, 0.15) is 5.82 Å². The number of hydrogen-bond acceptors (Lipinski definition) is 9. The molecule has 1 aliphatic rings. The van der Waals surface area contributed by atoms with Crippen molar-refractivity contribution in [3.63, 3.8) is 0 Å². The van der Waals surface area contributed by atoms with Crippen LogP contribution in [0.3, 0.4) is 0 Å². The van der Waals surface area contributed by atoms with Gasteiger partial charge in [-0.1, -0.05) is 12.1 Å². The van der Waals surface area contributed by atoms with E-state index < -0.39 is 10.0 Å². The van der Waals surface area contributed by atoms with Gasteiger partial charge in [-0.3, -0.25) is 0 Å². The Morgan fingerprint density at radius 1 is 1.03 bits per heavy atom. The third kappa shape index (κ3) is 4.84. The Morgan fingerprint density at radius 3 is 2.48 bits per heavy atom. The van der Waals surface area contributed by atoms with E-state index in [2.05, 4.69) is 30.1 Å². The maximum atomic E-state index is 11.6. The monoisotopic (exact) mass is 441 g/mol. The lowest BCUT2D eigenvalue weighted by molar-refractivity contribution is 0.409. The Labute approximate surface area is 180 Å². The molecule has 10 nitrogen and oxygen atoms in total. The predicted molar refractivity (Wildman–Crippen MR) is 118 cm³/mol. The molecule has 11 heteroatoms. The normalized spacial score (nSPS) is 14.4. The molecule has 0 spiro atoms. The first kappa shape index (κ1) is 20.8. The lowest BCUT2D eigenvalue weighted by atomic mass is 10.3. The highest BCUT2D eigenvalue weighted by atomic mass is 32.2. The second kappa shape index (κ2) is 8.74. The largest absolute Gasteiger partial charge is 0.491 e. The van der Waals surface area contributed by atoms with Crippen LogP contribution in [0.5, 0.6) is 5.75 Å². The molecule has 0 unspecified atom stereocenters. The van der Waals surface area contributed by atoms with E-state index in [1.165, 1.54) is 12.1 Å². The molecule has 1 aromatic carbocycles. The summed E-state index contributed by atoms with van der Waals surface area (Å²) in [6.45, 7) is 3.07. The number of hydrogen-bond donors (Lipinski definition) is 2. The molecule has 0 aliphatic carbocycles. The fourth-order valence-electron chi connectivity index (χ4n) is 3.36. The average molecular weight is 442 g/mol. The number of piperazine rings is 1. The zero-order valence-electron chi connectivity index (χ0n) is 17.0. The van der Waals surface area contributed by atoms with E-state index in [9.17, 15) is 8.42 Å². The molecule has 0 saturated carbocycles. The minimum atomic E-state index is -3.80. The lowest BCUT2D eigenvalue weighted by Gasteiger charge is -2.36. The summed E-state index contributed by atoms with van der Waals surface area (Å²) in [5, 5.41) is 8.25. The number of ether oxygens (including phenoxy) is 1. The minimum Gasteiger partial charge on any atom is -0.491 e. The van der Waals surface area contributed by atoms with Crippen molar-refractivity contribution in [3.8, 4) is 5.75 Å². The summed E-state index contributed by atoms with van der Waals surface area (Å²) in [6.07, 6.45) is 3.39. The Morgan fingerprint density at radius 2 is 1.81 bits per heavy atom. The number of nitrogens with zero attached hydrogens (tertiary/aromatic N) is 5. The van der Waals surface area contributed by atoms with Crippen LogP contribution < -0.4 is 25.0 Å². The molecule has 1 fully saturated rings. The van der Waals surface area contributed by atoms with Gasteiger partial charge in [-0.2, -0.15) is 4.98 Å². The predicted octanol–water partition coefficient (Wildman–Crippen LogP) is 1.60. The summed E-state index contributed by atoms with van der Waals surface area (Å²) in [5.41, 5.74) is 0.516. The first-order valence-corrected chi connectivity index (χ1v) is 11.2. The number of aromatic nitrogens is 3. The van der Waals surface area contributed by atoms with E-state index in [0.29, 0.717) is 23.2 Å². The Bertz CT molecular complexity index is 1150. The third-order valence-corrected chi connectivity index (χ3v) is 5.84. The van der Waals surface area contributed by atoms with Crippen LogP contribution >= 0.6 is 0 Å². The van der Waals surface area contributed by atoms with Gasteiger partial charge in [0.05, 0.1) is 18.2 Å². The van der Waals surface area contributed by atoms with Crippen LogP contribution in [0.4, 0.5) is 23.3 Å². The molecule has 1 saturated heterocycles. The molecule has 4 rings (SSSR count). The second-order valence-electron chi connectivity index (χ2n) is 6.95. The van der Waals surface area contributed by atoms with Gasteiger partial charge in [-0.15, -0.1) is 0 Å². The topological polar surface area (TPSA) is 127 Å². The highest BCUT2D eigenvalue weighted by molar-refractivity contribution is 7.89. The van der Waals surface area contributed by atoms with E-state index in [1.807, 2.05) is 18.2 Å². The van der Waals surface area contributed by atoms with E-state index >= 15 is 0 Å². The number of sulfonamides is 1. The number of anilines is 4. The van der Waals surface area contributed by atoms with Gasteiger partial charge in [0, 0.05) is 38.1 Å². The number of methoxy groups -OCH3 is 1. The number of nitrogens with two attached hydrogens (primary N) is 1. The number of nitrogens with one attached hydrogen (secondary N) is 1. The van der Waals surface area contributed by atoms with Gasteiger partial charge in [0.25, 0.3) is 0 Å². The molecule has 0 bridgehead atoms. The van der Waals surface area contributed by atoms with Crippen LogP contribution in [-0.2, 0) is 10.0 Å². The van der Waals surface area contributed by atoms with Crippen molar-refractivity contribution in [2.24, 2.45) is 5.14 Å². The van der Waals surface area contributed by atoms with Crippen molar-refractivity contribution in [1.29, 1.82) is 0 Å². The van der Waals surface area contributed by atoms with Gasteiger partial charge < -0.3 is 19.9 Å². The quantitative estimate of drug-likeness (QED) is 0.586. The molecule has 0 atom stereocenters. The summed E-state index contributed by atoms with van der Waals surface area (Å²) in [5.74, 6) is 2.52. The average Bonchev–Trinajstić information content (AvgIpc) is 2.79. The third-order valence-electron chi connectivity index (χ3n) is 4.93. The van der Waals surface area contributed by atoms with Gasteiger partial charge in [0.2, 0.25) is 16.0 Å². The second-order valence-corrected chi connectivity index (χ2v) is 8.51. The fraction of sp³-hybridized carbons (Fsp3) is 0.250. The first-order chi connectivity index (χ1) is 14.9. The SMILES string of the molecule is COc1cnc(Nc2cccc(S(N)(=O)=O)c2)nc1N1CCN(c2ccccn2)CC1. The molecular formula is C20H23N7O3S. The van der Waals surface area contributed by atoms with E-state index in [1.54, 1.807) is 31.6 Å². The van der Waals surface area contributed by atoms with Crippen molar-refractivity contribution in [2.75, 3.05) is 48.4 Å². The van der Waals surface area contributed by atoms with Crippen LogP contribution in [0.25, 0.3) is 0 Å². The number of benzene rings is 1. The number of primary sulfonamides is 1. The molecule has 0 radical (unpaired) electrons. The van der Waals surface area contributed by atoms with E-state index in [0.717, 1.165) is 32.0 Å². The standard InChI is InChI=1S/C20H23N7O3S/c1-30-17-14-23-20(24-15-5-4-6-16(13-15)31(21,28)29)25-19(17)27-11-9-26(10-12-27)18-7-2-3-8-22-18/h2-8,13-14H,9-12H2,1H3,(H2,21,28,29)(H,23,24,25). The van der Waals surface area contributed by atoms with Gasteiger partial charge in [0.15, 0.2) is 11.6 Å². The Kier molecular flexibility index (Phi) is 5.87. The highest BCUT2D eigenvalue weighted by Gasteiger charge is 2.22. The van der Waals surface area contributed by atoms with Gasteiger partial charge >= 0.3 is 0 Å². The highest BCUT2D eigenvalue weighted by Crippen LogP contribution is 2.29. The smallest absolute Gasteiger partial charge is 0.238 e. The zero-order chi connectivity index (χ0) is 21.8.